The molecule has 1 N–H and O–H groups in total. The average Bonchev–Trinajstić information content (AvgIpc) is 3.38. The first-order valence-corrected chi connectivity index (χ1v) is 9.10. The number of nitrogens with zero attached hydrogens (tertiary/aromatic N) is 1. The Morgan fingerprint density at radius 2 is 1.82 bits per heavy atom. The van der Waals surface area contributed by atoms with E-state index in [2.05, 4.69) is 5.32 Å². The van der Waals surface area contributed by atoms with E-state index in [-0.39, 0.29) is 30.3 Å². The predicted molar refractivity (Wildman–Crippen MR) is 98.5 cm³/mol. The van der Waals surface area contributed by atoms with Crippen molar-refractivity contribution in [1.82, 2.24) is 4.90 Å². The number of Topliss-reactive ketones (excluding diaryl/α,β-unsaturated/α-hetero) is 1. The molecule has 1 fully saturated rings. The second-order valence-electron chi connectivity index (χ2n) is 6.87. The summed E-state index contributed by atoms with van der Waals surface area (Å²) in [6.07, 6.45) is 3.99. The smallest absolute Gasteiger partial charge is 0.257 e. The highest BCUT2D eigenvalue weighted by molar-refractivity contribution is 6.05. The highest BCUT2D eigenvalue weighted by Gasteiger charge is 2.29. The molecule has 1 aromatic carbocycles. The summed E-state index contributed by atoms with van der Waals surface area (Å²) >= 11 is 0. The molecular formula is C20H20N2O6. The second kappa shape index (κ2) is 7.38. The molecule has 0 bridgehead atoms. The fourth-order valence-electron chi connectivity index (χ4n) is 3.48. The molecule has 4 rings (SSSR count). The van der Waals surface area contributed by atoms with Gasteiger partial charge in [-0.1, -0.05) is 0 Å². The Bertz CT molecular complexity index is 913. The number of benzene rings is 1. The minimum absolute atomic E-state index is 0.0905. The van der Waals surface area contributed by atoms with Crippen molar-refractivity contribution in [1.29, 1.82) is 0 Å². The van der Waals surface area contributed by atoms with Crippen molar-refractivity contribution in [2.45, 2.75) is 19.8 Å². The molecule has 1 saturated heterocycles. The molecule has 28 heavy (non-hydrogen) atoms. The van der Waals surface area contributed by atoms with E-state index in [1.54, 1.807) is 23.1 Å². The number of carbonyl (C=O) groups excluding carboxylic acids is 3. The van der Waals surface area contributed by atoms with Gasteiger partial charge in [-0.2, -0.15) is 0 Å². The van der Waals surface area contributed by atoms with Crippen LogP contribution in [0, 0.1) is 5.92 Å². The molecule has 0 unspecified atom stereocenters. The molecule has 1 aromatic heterocycles. The molecule has 2 aliphatic heterocycles. The Morgan fingerprint density at radius 3 is 2.46 bits per heavy atom. The van der Waals surface area contributed by atoms with E-state index in [1.807, 2.05) is 0 Å². The summed E-state index contributed by atoms with van der Waals surface area (Å²) in [5.74, 6) is 0.321. The summed E-state index contributed by atoms with van der Waals surface area (Å²) in [7, 11) is 0. The summed E-state index contributed by atoms with van der Waals surface area (Å²) < 4.78 is 15.6. The van der Waals surface area contributed by atoms with Crippen LogP contribution in [0.1, 0.15) is 40.5 Å². The maximum atomic E-state index is 12.7. The van der Waals surface area contributed by atoms with E-state index in [0.717, 1.165) is 0 Å². The normalized spacial score (nSPS) is 16.1. The lowest BCUT2D eigenvalue weighted by atomic mass is 9.95. The lowest BCUT2D eigenvalue weighted by Crippen LogP contribution is -2.41. The molecular weight excluding hydrogens is 364 g/mol. The summed E-state index contributed by atoms with van der Waals surface area (Å²) in [6.45, 7) is 2.51. The van der Waals surface area contributed by atoms with Gasteiger partial charge >= 0.3 is 0 Å². The fraction of sp³-hybridized carbons (Fsp3) is 0.350. The van der Waals surface area contributed by atoms with Crippen molar-refractivity contribution in [2.24, 2.45) is 5.92 Å². The number of anilines is 1. The van der Waals surface area contributed by atoms with Gasteiger partial charge in [-0.05, 0) is 31.9 Å². The van der Waals surface area contributed by atoms with Crippen molar-refractivity contribution in [3.05, 3.63) is 41.9 Å². The summed E-state index contributed by atoms with van der Waals surface area (Å²) in [6, 6.07) is 4.84. The highest BCUT2D eigenvalue weighted by atomic mass is 16.7. The molecule has 8 heteroatoms. The largest absolute Gasteiger partial charge is 0.472 e. The number of hydrogen-bond acceptors (Lipinski definition) is 6. The molecule has 146 valence electrons. The third-order valence-corrected chi connectivity index (χ3v) is 5.07. The van der Waals surface area contributed by atoms with Crippen LogP contribution >= 0.6 is 0 Å². The SMILES string of the molecule is CC(=O)c1cc2c(cc1NC(=O)C1CCN(C(=O)c3ccoc3)CC1)OCO2. The van der Waals surface area contributed by atoms with E-state index in [1.165, 1.54) is 19.5 Å². The Balaban J connectivity index is 1.41. The fourth-order valence-corrected chi connectivity index (χ4v) is 3.48. The number of carbonyl (C=O) groups is 3. The van der Waals surface area contributed by atoms with Crippen molar-refractivity contribution in [2.75, 3.05) is 25.2 Å². The summed E-state index contributed by atoms with van der Waals surface area (Å²) in [4.78, 5) is 38.8. The number of rotatable bonds is 4. The van der Waals surface area contributed by atoms with Crippen LogP contribution in [-0.2, 0) is 4.79 Å². The molecule has 0 atom stereocenters. The van der Waals surface area contributed by atoms with Gasteiger partial charge in [0, 0.05) is 30.6 Å². The number of piperidine rings is 1. The Labute approximate surface area is 161 Å². The van der Waals surface area contributed by atoms with Gasteiger partial charge in [-0.25, -0.2) is 0 Å². The molecule has 2 aromatic rings. The van der Waals surface area contributed by atoms with E-state index in [9.17, 15) is 14.4 Å². The van der Waals surface area contributed by atoms with Crippen molar-refractivity contribution in [3.63, 3.8) is 0 Å². The molecule has 0 radical (unpaired) electrons. The van der Waals surface area contributed by atoms with Crippen molar-refractivity contribution < 1.29 is 28.3 Å². The van der Waals surface area contributed by atoms with Crippen LogP contribution in [0.3, 0.4) is 0 Å². The van der Waals surface area contributed by atoms with Crippen LogP contribution in [0.2, 0.25) is 0 Å². The number of amides is 2. The third kappa shape index (κ3) is 3.45. The Hall–Kier alpha value is -3.29. The summed E-state index contributed by atoms with van der Waals surface area (Å²) in [5, 5.41) is 2.85. The molecule has 2 aliphatic rings. The van der Waals surface area contributed by atoms with Gasteiger partial charge in [0.15, 0.2) is 17.3 Å². The molecule has 0 aliphatic carbocycles. The van der Waals surface area contributed by atoms with E-state index >= 15 is 0 Å². The van der Waals surface area contributed by atoms with E-state index < -0.39 is 0 Å². The second-order valence-corrected chi connectivity index (χ2v) is 6.87. The Morgan fingerprint density at radius 1 is 1.11 bits per heavy atom. The van der Waals surface area contributed by atoms with Crippen LogP contribution in [0.5, 0.6) is 11.5 Å². The van der Waals surface area contributed by atoms with Crippen LogP contribution in [0.15, 0.2) is 35.1 Å². The molecule has 0 spiro atoms. The zero-order chi connectivity index (χ0) is 19.7. The van der Waals surface area contributed by atoms with Crippen LogP contribution in [0.25, 0.3) is 0 Å². The zero-order valence-corrected chi connectivity index (χ0v) is 15.4. The lowest BCUT2D eigenvalue weighted by Gasteiger charge is -2.31. The first-order valence-electron chi connectivity index (χ1n) is 9.10. The van der Waals surface area contributed by atoms with Gasteiger partial charge in [0.2, 0.25) is 12.7 Å². The predicted octanol–water partition coefficient (Wildman–Crippen LogP) is 2.70. The monoisotopic (exact) mass is 384 g/mol. The maximum absolute atomic E-state index is 12.7. The van der Waals surface area contributed by atoms with Crippen LogP contribution in [0.4, 0.5) is 5.69 Å². The van der Waals surface area contributed by atoms with Crippen LogP contribution in [-0.4, -0.2) is 42.4 Å². The number of fused-ring (bicyclic) bond motifs is 1. The number of ether oxygens (including phenoxy) is 2. The first-order chi connectivity index (χ1) is 13.5. The lowest BCUT2D eigenvalue weighted by molar-refractivity contribution is -0.121. The minimum atomic E-state index is -0.237. The third-order valence-electron chi connectivity index (χ3n) is 5.07. The number of furan rings is 1. The highest BCUT2D eigenvalue weighted by Crippen LogP contribution is 2.37. The van der Waals surface area contributed by atoms with Gasteiger partial charge < -0.3 is 24.1 Å². The minimum Gasteiger partial charge on any atom is -0.472 e. The topological polar surface area (TPSA) is 98.1 Å². The number of ketones is 1. The maximum Gasteiger partial charge on any atom is 0.257 e. The average molecular weight is 384 g/mol. The first kappa shape index (κ1) is 18.1. The van der Waals surface area contributed by atoms with Crippen LogP contribution < -0.4 is 14.8 Å². The number of hydrogen-bond donors (Lipinski definition) is 1. The van der Waals surface area contributed by atoms with Gasteiger partial charge in [-0.15, -0.1) is 0 Å². The summed E-state index contributed by atoms with van der Waals surface area (Å²) in [5.41, 5.74) is 1.30. The Kier molecular flexibility index (Phi) is 4.77. The van der Waals surface area contributed by atoms with Crippen molar-refractivity contribution >= 4 is 23.3 Å². The zero-order valence-electron chi connectivity index (χ0n) is 15.4. The molecule has 8 nitrogen and oxygen atoms in total. The standard InChI is InChI=1S/C20H20N2O6/c1-12(23)15-8-17-18(28-11-27-17)9-16(15)21-19(24)13-2-5-22(6-3-13)20(25)14-4-7-26-10-14/h4,7-10,13H,2-3,5-6,11H2,1H3,(H,21,24). The number of nitrogens with one attached hydrogen (secondary N) is 1. The van der Waals surface area contributed by atoms with Gasteiger partial charge in [0.25, 0.3) is 5.91 Å². The van der Waals surface area contributed by atoms with E-state index in [4.69, 9.17) is 13.9 Å². The quantitative estimate of drug-likeness (QED) is 0.814. The number of likely N-dealkylation sites (tertiary alicyclic amines) is 1. The molecule has 3 heterocycles. The molecule has 2 amide bonds. The van der Waals surface area contributed by atoms with E-state index in [0.29, 0.717) is 54.2 Å². The van der Waals surface area contributed by atoms with Gasteiger partial charge in [0.05, 0.1) is 17.5 Å². The van der Waals surface area contributed by atoms with Gasteiger partial charge in [0.1, 0.15) is 6.26 Å². The van der Waals surface area contributed by atoms with Gasteiger partial charge in [-0.3, -0.25) is 14.4 Å². The molecule has 0 saturated carbocycles. The van der Waals surface area contributed by atoms with Crippen molar-refractivity contribution in [3.8, 4) is 11.5 Å².